The minimum atomic E-state index is -3.33. The van der Waals surface area contributed by atoms with Gasteiger partial charge in [-0.3, -0.25) is 0 Å². The van der Waals surface area contributed by atoms with Crippen LogP contribution in [0.2, 0.25) is 0 Å². The first-order valence-corrected chi connectivity index (χ1v) is 9.42. The van der Waals surface area contributed by atoms with E-state index >= 15 is 0 Å². The van der Waals surface area contributed by atoms with Crippen LogP contribution < -0.4 is 5.32 Å². The van der Waals surface area contributed by atoms with Gasteiger partial charge in [0.05, 0.1) is 4.90 Å². The molecule has 0 aromatic heterocycles. The summed E-state index contributed by atoms with van der Waals surface area (Å²) in [6.07, 6.45) is 5.38. The molecule has 0 unspecified atom stereocenters. The molecule has 0 atom stereocenters. The molecule has 3 rings (SSSR count). The minimum Gasteiger partial charge on any atom is -0.384 e. The van der Waals surface area contributed by atoms with Crippen LogP contribution in [0.1, 0.15) is 38.2 Å². The number of anilines is 1. The van der Waals surface area contributed by atoms with Gasteiger partial charge in [-0.2, -0.15) is 4.31 Å². The van der Waals surface area contributed by atoms with Crippen molar-refractivity contribution in [3.8, 4) is 0 Å². The van der Waals surface area contributed by atoms with E-state index in [4.69, 9.17) is 0 Å². The van der Waals surface area contributed by atoms with Crippen molar-refractivity contribution in [2.24, 2.45) is 5.92 Å². The summed E-state index contributed by atoms with van der Waals surface area (Å²) in [5.74, 6) is 0.697. The average molecular weight is 308 g/mol. The Morgan fingerprint density at radius 3 is 2.76 bits per heavy atom. The van der Waals surface area contributed by atoms with Crippen LogP contribution in [0, 0.1) is 5.92 Å². The van der Waals surface area contributed by atoms with E-state index in [1.54, 1.807) is 16.4 Å². The van der Waals surface area contributed by atoms with Crippen LogP contribution in [0.4, 0.5) is 5.69 Å². The molecular weight excluding hydrogens is 284 g/mol. The van der Waals surface area contributed by atoms with E-state index in [1.807, 2.05) is 6.07 Å². The van der Waals surface area contributed by atoms with E-state index < -0.39 is 10.0 Å². The second kappa shape index (κ2) is 5.97. The van der Waals surface area contributed by atoms with Crippen molar-refractivity contribution in [1.29, 1.82) is 0 Å². The number of nitrogens with one attached hydrogen (secondary N) is 1. The fourth-order valence-electron chi connectivity index (χ4n) is 3.43. The van der Waals surface area contributed by atoms with Gasteiger partial charge in [-0.25, -0.2) is 8.42 Å². The maximum absolute atomic E-state index is 12.7. The Kier molecular flexibility index (Phi) is 4.22. The molecule has 2 aliphatic heterocycles. The molecule has 21 heavy (non-hydrogen) atoms. The summed E-state index contributed by atoms with van der Waals surface area (Å²) in [5.41, 5.74) is 2.20. The SMILES string of the molecule is CCCC1CCN(S(=O)(=O)c2ccc3c(c2)NCC3)CC1. The van der Waals surface area contributed by atoms with Crippen molar-refractivity contribution in [3.05, 3.63) is 23.8 Å². The molecule has 0 aliphatic carbocycles. The average Bonchev–Trinajstić information content (AvgIpc) is 2.95. The normalized spacial score (nSPS) is 20.2. The quantitative estimate of drug-likeness (QED) is 0.930. The van der Waals surface area contributed by atoms with Crippen LogP contribution in [0.25, 0.3) is 0 Å². The van der Waals surface area contributed by atoms with E-state index in [0.717, 1.165) is 31.5 Å². The van der Waals surface area contributed by atoms with Crippen molar-refractivity contribution in [1.82, 2.24) is 4.31 Å². The zero-order valence-corrected chi connectivity index (χ0v) is 13.5. The van der Waals surface area contributed by atoms with Gasteiger partial charge < -0.3 is 5.32 Å². The monoisotopic (exact) mass is 308 g/mol. The summed E-state index contributed by atoms with van der Waals surface area (Å²) < 4.78 is 27.2. The zero-order chi connectivity index (χ0) is 14.9. The summed E-state index contributed by atoms with van der Waals surface area (Å²) in [6, 6.07) is 5.52. The molecule has 0 radical (unpaired) electrons. The predicted octanol–water partition coefficient (Wildman–Crippen LogP) is 2.86. The van der Waals surface area contributed by atoms with E-state index in [2.05, 4.69) is 12.2 Å². The molecule has 1 saturated heterocycles. The second-order valence-electron chi connectivity index (χ2n) is 6.13. The predicted molar refractivity (Wildman–Crippen MR) is 85.0 cm³/mol. The summed E-state index contributed by atoms with van der Waals surface area (Å²) >= 11 is 0. The van der Waals surface area contributed by atoms with Gasteiger partial charge in [-0.1, -0.05) is 25.8 Å². The van der Waals surface area contributed by atoms with Gasteiger partial charge in [0.1, 0.15) is 0 Å². The van der Waals surface area contributed by atoms with Crippen LogP contribution in [0.15, 0.2) is 23.1 Å². The second-order valence-corrected chi connectivity index (χ2v) is 8.07. The lowest BCUT2D eigenvalue weighted by Crippen LogP contribution is -2.38. The van der Waals surface area contributed by atoms with Crippen molar-refractivity contribution in [3.63, 3.8) is 0 Å². The third kappa shape index (κ3) is 2.94. The smallest absolute Gasteiger partial charge is 0.243 e. The third-order valence-corrected chi connectivity index (χ3v) is 6.59. The lowest BCUT2D eigenvalue weighted by molar-refractivity contribution is 0.262. The number of rotatable bonds is 4. The Hall–Kier alpha value is -1.07. The molecule has 1 fully saturated rings. The van der Waals surface area contributed by atoms with Gasteiger partial charge in [0.2, 0.25) is 10.0 Å². The Morgan fingerprint density at radius 1 is 1.29 bits per heavy atom. The van der Waals surface area contributed by atoms with Gasteiger partial charge in [-0.15, -0.1) is 0 Å². The first-order chi connectivity index (χ1) is 10.1. The number of benzene rings is 1. The van der Waals surface area contributed by atoms with Crippen LogP contribution in [0.5, 0.6) is 0 Å². The Balaban J connectivity index is 1.75. The van der Waals surface area contributed by atoms with E-state index in [9.17, 15) is 8.42 Å². The molecule has 0 amide bonds. The third-order valence-electron chi connectivity index (χ3n) is 4.70. The molecule has 0 saturated carbocycles. The lowest BCUT2D eigenvalue weighted by Gasteiger charge is -2.31. The zero-order valence-electron chi connectivity index (χ0n) is 12.6. The lowest BCUT2D eigenvalue weighted by atomic mass is 9.94. The highest BCUT2D eigenvalue weighted by Crippen LogP contribution is 2.30. The first-order valence-electron chi connectivity index (χ1n) is 7.98. The highest BCUT2D eigenvalue weighted by Gasteiger charge is 2.29. The highest BCUT2D eigenvalue weighted by molar-refractivity contribution is 7.89. The molecule has 5 heteroatoms. The summed E-state index contributed by atoms with van der Waals surface area (Å²) in [5, 5.41) is 3.26. The number of hydrogen-bond donors (Lipinski definition) is 1. The maximum Gasteiger partial charge on any atom is 0.243 e. The number of sulfonamides is 1. The van der Waals surface area contributed by atoms with Crippen LogP contribution in [-0.4, -0.2) is 32.4 Å². The van der Waals surface area contributed by atoms with Gasteiger partial charge in [0.15, 0.2) is 0 Å². The topological polar surface area (TPSA) is 49.4 Å². The van der Waals surface area contributed by atoms with Crippen molar-refractivity contribution in [2.75, 3.05) is 25.0 Å². The molecule has 0 bridgehead atoms. The number of nitrogens with zero attached hydrogens (tertiary/aromatic N) is 1. The van der Waals surface area contributed by atoms with E-state index in [-0.39, 0.29) is 0 Å². The van der Waals surface area contributed by atoms with E-state index in [1.165, 1.54) is 18.4 Å². The summed E-state index contributed by atoms with van der Waals surface area (Å²) in [4.78, 5) is 0.435. The van der Waals surface area contributed by atoms with Crippen LogP contribution >= 0.6 is 0 Å². The number of piperidine rings is 1. The molecule has 1 N–H and O–H groups in total. The number of hydrogen-bond acceptors (Lipinski definition) is 3. The summed E-state index contributed by atoms with van der Waals surface area (Å²) in [6.45, 7) is 4.43. The molecular formula is C16H24N2O2S. The molecule has 1 aromatic carbocycles. The molecule has 116 valence electrons. The fourth-order valence-corrected chi connectivity index (χ4v) is 4.92. The minimum absolute atomic E-state index is 0.435. The Bertz CT molecular complexity index is 605. The molecule has 0 spiro atoms. The molecule has 4 nitrogen and oxygen atoms in total. The van der Waals surface area contributed by atoms with Gasteiger partial charge in [-0.05, 0) is 42.9 Å². The molecule has 2 aliphatic rings. The highest BCUT2D eigenvalue weighted by atomic mass is 32.2. The van der Waals surface area contributed by atoms with Crippen molar-refractivity contribution < 1.29 is 8.42 Å². The van der Waals surface area contributed by atoms with Gasteiger partial charge >= 0.3 is 0 Å². The maximum atomic E-state index is 12.7. The summed E-state index contributed by atoms with van der Waals surface area (Å²) in [7, 11) is -3.33. The Morgan fingerprint density at radius 2 is 2.05 bits per heavy atom. The fraction of sp³-hybridized carbons (Fsp3) is 0.625. The van der Waals surface area contributed by atoms with Crippen LogP contribution in [-0.2, 0) is 16.4 Å². The van der Waals surface area contributed by atoms with E-state index in [0.29, 0.717) is 23.9 Å². The standard InChI is InChI=1S/C16H24N2O2S/c1-2-3-13-7-10-18(11-8-13)21(19,20)15-5-4-14-6-9-17-16(14)12-15/h4-5,12-13,17H,2-3,6-11H2,1H3. The number of fused-ring (bicyclic) bond motifs is 1. The van der Waals surface area contributed by atoms with Crippen molar-refractivity contribution in [2.45, 2.75) is 43.9 Å². The Labute approximate surface area is 127 Å². The van der Waals surface area contributed by atoms with Crippen molar-refractivity contribution >= 4 is 15.7 Å². The van der Waals surface area contributed by atoms with Crippen LogP contribution in [0.3, 0.4) is 0 Å². The van der Waals surface area contributed by atoms with Gasteiger partial charge in [0.25, 0.3) is 0 Å². The molecule has 2 heterocycles. The van der Waals surface area contributed by atoms with Gasteiger partial charge in [0, 0.05) is 25.3 Å². The molecule has 1 aromatic rings. The first kappa shape index (κ1) is 14.9. The largest absolute Gasteiger partial charge is 0.384 e.